The summed E-state index contributed by atoms with van der Waals surface area (Å²) in [4.78, 5) is 12.5. The molecule has 5 N–H and O–H groups in total. The molecule has 68 heavy (non-hydrogen) atoms. The van der Waals surface area contributed by atoms with Crippen LogP contribution in [0.5, 0.6) is 0 Å². The van der Waals surface area contributed by atoms with E-state index in [9.17, 15) is 83.0 Å². The van der Waals surface area contributed by atoms with Crippen molar-refractivity contribution in [2.45, 2.75) is 224 Å². The number of fused-ring (bicyclic) bond motifs is 2. The van der Waals surface area contributed by atoms with Gasteiger partial charge in [-0.05, 0) is 169 Å². The van der Waals surface area contributed by atoms with E-state index in [0.29, 0.717) is 73.4 Å². The molecule has 0 aromatic carbocycles. The van der Waals surface area contributed by atoms with Crippen molar-refractivity contribution in [2.75, 3.05) is 6.66 Å². The van der Waals surface area contributed by atoms with Gasteiger partial charge in [0.25, 0.3) is 11.2 Å². The summed E-state index contributed by atoms with van der Waals surface area (Å²) in [6.45, 7) is 16.2. The lowest BCUT2D eigenvalue weighted by Gasteiger charge is -2.50. The van der Waals surface area contributed by atoms with Gasteiger partial charge in [0.2, 0.25) is 0 Å². The van der Waals surface area contributed by atoms with E-state index >= 15 is 0 Å². The maximum atomic E-state index is 13.1. The number of ketones is 1. The zero-order valence-corrected chi connectivity index (χ0v) is 42.1. The average molecular weight is 1020 g/mol. The Morgan fingerprint density at radius 2 is 0.971 bits per heavy atom. The first-order valence-corrected chi connectivity index (χ1v) is 24.8. The third-order valence-electron chi connectivity index (χ3n) is 16.3. The van der Waals surface area contributed by atoms with Crippen LogP contribution in [0.4, 0.5) is 52.7 Å². The highest BCUT2D eigenvalue weighted by molar-refractivity contribution is 7.15. The zero-order chi connectivity index (χ0) is 53.7. The SMILES string of the molecule is CC(C)(O)CCCC(C)(C/C=C\C(O)(C(F)(F)F)C(F)(F)F)[C@H]1CCC2C(=O)CCC[C@@]21C.CC(C)(O)CCCC(C)(C/C=C\C(O)(C(F)(F)F)C(F)(F)F)[C@H]1CCC2[C@@H](O)CCC[C@@]21C.[2H]PC. The zero-order valence-electron chi connectivity index (χ0n) is 42.1. The minimum atomic E-state index is -5.90. The molecule has 6 nitrogen and oxygen atoms in total. The topological polar surface area (TPSA) is 118 Å². The van der Waals surface area contributed by atoms with E-state index < -0.39 is 64.0 Å². The molecule has 0 aromatic heterocycles. The molecule has 4 aliphatic carbocycles. The van der Waals surface area contributed by atoms with Gasteiger partial charge in [-0.15, -0.1) is 9.18 Å². The van der Waals surface area contributed by atoms with Gasteiger partial charge in [-0.2, -0.15) is 52.7 Å². The maximum Gasteiger partial charge on any atom is 0.429 e. The molecule has 400 valence electrons. The second-order valence-electron chi connectivity index (χ2n) is 22.6. The summed E-state index contributed by atoms with van der Waals surface area (Å²) >= 11 is 0. The Kier molecular flexibility index (Phi) is 20.0. The number of aliphatic hydroxyl groups excluding tert-OH is 1. The van der Waals surface area contributed by atoms with Crippen LogP contribution in [0.15, 0.2) is 24.3 Å². The number of allylic oxidation sites excluding steroid dienone is 2. The van der Waals surface area contributed by atoms with Crippen LogP contribution in [0.25, 0.3) is 0 Å². The summed E-state index contributed by atoms with van der Waals surface area (Å²) in [7, 11) is 0.333. The molecule has 0 aliphatic heterocycles. The van der Waals surface area contributed by atoms with Gasteiger partial charge < -0.3 is 25.5 Å². The molecule has 4 aliphatic rings. The first kappa shape index (κ1) is 60.8. The largest absolute Gasteiger partial charge is 0.429 e. The summed E-state index contributed by atoms with van der Waals surface area (Å²) in [6, 6.07) is 0. The van der Waals surface area contributed by atoms with Gasteiger partial charge in [0.15, 0.2) is 0 Å². The van der Waals surface area contributed by atoms with Gasteiger partial charge in [0.05, 0.1) is 18.6 Å². The molecule has 0 heterocycles. The number of rotatable bonds is 16. The van der Waals surface area contributed by atoms with Crippen LogP contribution in [0.3, 0.4) is 0 Å². The molecule has 0 radical (unpaired) electrons. The highest BCUT2D eigenvalue weighted by atomic mass is 31.0. The Labute approximate surface area is 399 Å². The van der Waals surface area contributed by atoms with Crippen LogP contribution < -0.4 is 0 Å². The number of halogens is 12. The van der Waals surface area contributed by atoms with Crippen LogP contribution in [-0.4, -0.2) is 92.5 Å². The summed E-state index contributed by atoms with van der Waals surface area (Å²) in [5, 5.41) is 49.7. The highest BCUT2D eigenvalue weighted by Crippen LogP contribution is 2.64. The summed E-state index contributed by atoms with van der Waals surface area (Å²) in [5.74, 6) is 0.00762. The van der Waals surface area contributed by atoms with Crippen molar-refractivity contribution in [3.8, 4) is 0 Å². The number of Topliss-reactive ketones (excluding diaryl/α,β-unsaturated/α-hetero) is 1. The molecule has 0 aromatic rings. The Balaban J connectivity index is 0.000000448. The minimum Gasteiger partial charge on any atom is -0.393 e. The van der Waals surface area contributed by atoms with Gasteiger partial charge in [-0.3, -0.25) is 4.79 Å². The van der Waals surface area contributed by atoms with Crippen molar-refractivity contribution in [2.24, 2.45) is 45.3 Å². The second kappa shape index (κ2) is 22.3. The van der Waals surface area contributed by atoms with E-state index in [4.69, 9.17) is 1.28 Å². The Bertz CT molecular complexity index is 1680. The van der Waals surface area contributed by atoms with Crippen molar-refractivity contribution in [1.82, 2.24) is 0 Å². The van der Waals surface area contributed by atoms with Crippen molar-refractivity contribution in [3.63, 3.8) is 0 Å². The van der Waals surface area contributed by atoms with Gasteiger partial charge >= 0.3 is 24.7 Å². The lowest BCUT2D eigenvalue weighted by molar-refractivity contribution is -0.348. The molecule has 10 atom stereocenters. The van der Waals surface area contributed by atoms with E-state index in [1.165, 1.54) is 0 Å². The van der Waals surface area contributed by atoms with E-state index in [1.54, 1.807) is 27.7 Å². The fourth-order valence-corrected chi connectivity index (χ4v) is 12.8. The lowest BCUT2D eigenvalue weighted by atomic mass is 9.56. The number of carbonyl (C=O) groups excluding carboxylic acids is 1. The third-order valence-corrected chi connectivity index (χ3v) is 16.3. The van der Waals surface area contributed by atoms with E-state index in [0.717, 1.165) is 50.7 Å². The van der Waals surface area contributed by atoms with Crippen molar-refractivity contribution < 1.29 is 83.0 Å². The van der Waals surface area contributed by atoms with Crippen LogP contribution in [0.1, 0.15) is 171 Å². The number of aliphatic hydroxyl groups is 5. The smallest absolute Gasteiger partial charge is 0.393 e. The van der Waals surface area contributed by atoms with E-state index in [1.807, 2.05) is 27.4 Å². The summed E-state index contributed by atoms with van der Waals surface area (Å²) in [6.07, 6.45) is -12.8. The van der Waals surface area contributed by atoms with Crippen molar-refractivity contribution in [3.05, 3.63) is 24.3 Å². The molecule has 5 unspecified atom stereocenters. The molecular weight excluding hydrogens is 943 g/mol. The Morgan fingerprint density at radius 3 is 1.35 bits per heavy atom. The Morgan fingerprint density at radius 1 is 0.603 bits per heavy atom. The highest BCUT2D eigenvalue weighted by Gasteiger charge is 2.70. The molecule has 4 rings (SSSR count). The standard InChI is InChI=1S/C24H38F6O3.C24H36F6O3.CH5P/c2*1-19(2,32)11-6-12-20(3,13-7-15-22(33,23(25,26)27)24(28,29)30)18-10-9-16-17(31)8-5-14-21(16,18)4;1-2/h7,15-18,31-33H,5-6,8-14H2,1-4H3;7,15-16,18,32-33H,5-6,8-14H2,1-4H3;2H2,1H3/b2*15-7-;/t16?,17-,18+,20?,21-;16?,18-,20?,21+;/m01./s1/i;;2D. The molecule has 0 bridgehead atoms. The summed E-state index contributed by atoms with van der Waals surface area (Å²) < 4.78 is 163. The van der Waals surface area contributed by atoms with Crippen LogP contribution in [0, 0.1) is 45.3 Å². The molecular formula is C49H79F12O6P. The van der Waals surface area contributed by atoms with Gasteiger partial charge in [-0.25, -0.2) is 0 Å². The first-order chi connectivity index (χ1) is 31.0. The molecule has 0 saturated heterocycles. The number of hydrogen-bond acceptors (Lipinski definition) is 6. The fourth-order valence-electron chi connectivity index (χ4n) is 12.8. The van der Waals surface area contributed by atoms with Crippen LogP contribution in [-0.2, 0) is 4.79 Å². The number of hydrogen-bond donors (Lipinski definition) is 5. The molecule has 0 spiro atoms. The Hall–Kier alpha value is -1.46. The molecule has 19 heteroatoms. The average Bonchev–Trinajstić information content (AvgIpc) is 3.71. The minimum absolute atomic E-state index is 0.0127. The lowest BCUT2D eigenvalue weighted by Crippen LogP contribution is -2.55. The van der Waals surface area contributed by atoms with Crippen LogP contribution >= 0.6 is 9.18 Å². The van der Waals surface area contributed by atoms with E-state index in [-0.39, 0.29) is 65.3 Å². The summed E-state index contributed by atoms with van der Waals surface area (Å²) in [5.41, 5.74) is -13.7. The predicted molar refractivity (Wildman–Crippen MR) is 241 cm³/mol. The first-order valence-electron chi connectivity index (χ1n) is 24.3. The normalized spacial score (nSPS) is 30.1. The number of carbonyl (C=O) groups is 1. The van der Waals surface area contributed by atoms with E-state index in [2.05, 4.69) is 6.92 Å². The van der Waals surface area contributed by atoms with Crippen molar-refractivity contribution in [1.29, 1.82) is 1.28 Å². The molecule has 4 saturated carbocycles. The van der Waals surface area contributed by atoms with Crippen LogP contribution in [0.2, 0.25) is 0 Å². The fraction of sp³-hybridized carbons (Fsp3) is 0.898. The molecule has 0 amide bonds. The predicted octanol–water partition coefficient (Wildman–Crippen LogP) is 13.3. The quantitative estimate of drug-likeness (QED) is 0.0597. The second-order valence-corrected chi connectivity index (χ2v) is 22.6. The monoisotopic (exact) mass is 1020 g/mol. The maximum absolute atomic E-state index is 13.1. The van der Waals surface area contributed by atoms with Gasteiger partial charge in [0, 0.05) is 12.3 Å². The number of alkyl halides is 12. The van der Waals surface area contributed by atoms with Crippen molar-refractivity contribution >= 4 is 15.0 Å². The third kappa shape index (κ3) is 14.4. The van der Waals surface area contributed by atoms with Gasteiger partial charge in [0.1, 0.15) is 5.78 Å². The van der Waals surface area contributed by atoms with Gasteiger partial charge in [-0.1, -0.05) is 65.8 Å². The molecule has 4 fully saturated rings.